The lowest BCUT2D eigenvalue weighted by Gasteiger charge is -2.35. The molecule has 1 aliphatic carbocycles. The number of amides is 2. The Morgan fingerprint density at radius 3 is 2.70 bits per heavy atom. The van der Waals surface area contributed by atoms with Crippen molar-refractivity contribution >= 4 is 17.6 Å². The van der Waals surface area contributed by atoms with Crippen LogP contribution in [0.2, 0.25) is 5.02 Å². The van der Waals surface area contributed by atoms with Crippen LogP contribution in [0.15, 0.2) is 18.2 Å². The van der Waals surface area contributed by atoms with E-state index in [1.165, 1.54) is 19.2 Å². The Balaban J connectivity index is 1.41. The number of piperidine rings is 1. The smallest absolute Gasteiger partial charge is 0.317 e. The number of methoxy groups -OCH3 is 1. The number of urea groups is 1. The van der Waals surface area contributed by atoms with Gasteiger partial charge in [-0.05, 0) is 82.6 Å². The molecule has 4 atom stereocenters. The van der Waals surface area contributed by atoms with E-state index in [-0.39, 0.29) is 35.1 Å². The first-order chi connectivity index (χ1) is 17.6. The Morgan fingerprint density at radius 2 is 2.00 bits per heavy atom. The lowest BCUT2D eigenvalue weighted by atomic mass is 9.82. The van der Waals surface area contributed by atoms with Crippen molar-refractivity contribution in [1.82, 2.24) is 10.2 Å². The van der Waals surface area contributed by atoms with Gasteiger partial charge in [0.2, 0.25) is 0 Å². The van der Waals surface area contributed by atoms with Crippen LogP contribution in [-0.4, -0.2) is 59.5 Å². The summed E-state index contributed by atoms with van der Waals surface area (Å²) in [6.07, 6.45) is 8.86. The van der Waals surface area contributed by atoms with Gasteiger partial charge in [0.1, 0.15) is 5.82 Å². The van der Waals surface area contributed by atoms with Crippen LogP contribution in [0.4, 0.5) is 9.18 Å². The molecule has 1 saturated carbocycles. The first kappa shape index (κ1) is 30.1. The van der Waals surface area contributed by atoms with E-state index < -0.39 is 17.7 Å². The zero-order valence-corrected chi connectivity index (χ0v) is 23.1. The van der Waals surface area contributed by atoms with Gasteiger partial charge in [-0.2, -0.15) is 0 Å². The topological polar surface area (TPSA) is 108 Å². The maximum atomic E-state index is 14.4. The van der Waals surface area contributed by atoms with Crippen molar-refractivity contribution < 1.29 is 24.1 Å². The number of benzene rings is 1. The Labute approximate surface area is 225 Å². The van der Waals surface area contributed by atoms with E-state index >= 15 is 0 Å². The normalized spacial score (nSPS) is 25.8. The number of aliphatic hydroxyl groups excluding tert-OH is 1. The Morgan fingerprint density at radius 1 is 1.27 bits per heavy atom. The molecule has 0 spiro atoms. The maximum Gasteiger partial charge on any atom is 0.317 e. The lowest BCUT2D eigenvalue weighted by Crippen LogP contribution is -2.51. The molecule has 1 aliphatic heterocycles. The van der Waals surface area contributed by atoms with Crippen molar-refractivity contribution in [3.8, 4) is 0 Å². The summed E-state index contributed by atoms with van der Waals surface area (Å²) in [5, 5.41) is 24.5. The van der Waals surface area contributed by atoms with E-state index in [2.05, 4.69) is 5.32 Å². The average molecular weight is 542 g/mol. The van der Waals surface area contributed by atoms with E-state index in [9.17, 15) is 19.4 Å². The summed E-state index contributed by atoms with van der Waals surface area (Å²) >= 11 is 5.88. The highest BCUT2D eigenvalue weighted by Gasteiger charge is 2.33. The van der Waals surface area contributed by atoms with Gasteiger partial charge >= 0.3 is 6.03 Å². The number of ether oxygens (including phenoxy) is 1. The van der Waals surface area contributed by atoms with Gasteiger partial charge in [-0.15, -0.1) is 0 Å². The second-order valence-electron chi connectivity index (χ2n) is 11.1. The molecular formula is C28H45ClFN3O4. The minimum Gasteiger partial charge on any atom is -0.391 e. The van der Waals surface area contributed by atoms with Crippen molar-refractivity contribution in [3.05, 3.63) is 34.6 Å². The minimum atomic E-state index is -1.73. The first-order valence-electron chi connectivity index (χ1n) is 13.8. The molecule has 9 heteroatoms. The molecule has 3 rings (SSSR count). The number of unbranched alkanes of at least 4 members (excludes halogenated alkanes) is 1. The van der Waals surface area contributed by atoms with Crippen molar-refractivity contribution in [2.45, 2.75) is 102 Å². The second-order valence-corrected chi connectivity index (χ2v) is 11.5. The van der Waals surface area contributed by atoms with Crippen LogP contribution in [0.1, 0.15) is 83.1 Å². The van der Waals surface area contributed by atoms with Crippen molar-refractivity contribution in [2.75, 3.05) is 20.2 Å². The van der Waals surface area contributed by atoms with E-state index in [1.807, 2.05) is 11.8 Å². The molecule has 4 unspecified atom stereocenters. The Kier molecular flexibility index (Phi) is 11.5. The van der Waals surface area contributed by atoms with Gasteiger partial charge in [-0.3, -0.25) is 0 Å². The maximum absolute atomic E-state index is 14.4. The molecule has 1 saturated heterocycles. The molecule has 2 aliphatic rings. The van der Waals surface area contributed by atoms with Crippen LogP contribution in [0.3, 0.4) is 0 Å². The molecular weight excluding hydrogens is 497 g/mol. The number of nitrogens with zero attached hydrogens (tertiary/aromatic N) is 1. The van der Waals surface area contributed by atoms with Gasteiger partial charge in [0.05, 0.1) is 17.2 Å². The lowest BCUT2D eigenvalue weighted by molar-refractivity contribution is -0.201. The SMILES string of the molecule is COC(O)(CCCCC1CCCN(C(=O)NC(C)C(O)CC2CCC(N)CC2)C1)c1cccc(Cl)c1F. The average Bonchev–Trinajstić information content (AvgIpc) is 2.89. The zero-order valence-electron chi connectivity index (χ0n) is 22.3. The molecule has 1 heterocycles. The van der Waals surface area contributed by atoms with Gasteiger partial charge in [0, 0.05) is 38.2 Å². The molecule has 210 valence electrons. The molecule has 0 radical (unpaired) electrons. The van der Waals surface area contributed by atoms with Gasteiger partial charge < -0.3 is 30.9 Å². The highest BCUT2D eigenvalue weighted by Crippen LogP contribution is 2.33. The fourth-order valence-electron chi connectivity index (χ4n) is 5.79. The van der Waals surface area contributed by atoms with Crippen LogP contribution < -0.4 is 11.1 Å². The number of nitrogens with one attached hydrogen (secondary N) is 1. The Hall–Kier alpha value is -1.45. The van der Waals surface area contributed by atoms with Crippen LogP contribution >= 0.6 is 11.6 Å². The van der Waals surface area contributed by atoms with E-state index in [0.29, 0.717) is 37.8 Å². The summed E-state index contributed by atoms with van der Waals surface area (Å²) in [6.45, 7) is 3.26. The largest absolute Gasteiger partial charge is 0.391 e. The summed E-state index contributed by atoms with van der Waals surface area (Å²) in [4.78, 5) is 14.8. The summed E-state index contributed by atoms with van der Waals surface area (Å²) < 4.78 is 19.7. The van der Waals surface area contributed by atoms with Crippen molar-refractivity contribution in [1.29, 1.82) is 0 Å². The monoisotopic (exact) mass is 541 g/mol. The minimum absolute atomic E-state index is 0.0471. The number of aliphatic hydroxyl groups is 2. The molecule has 37 heavy (non-hydrogen) atoms. The highest BCUT2D eigenvalue weighted by molar-refractivity contribution is 6.30. The first-order valence-corrected chi connectivity index (χ1v) is 14.2. The number of hydrogen-bond donors (Lipinski definition) is 4. The van der Waals surface area contributed by atoms with Gasteiger partial charge in [-0.1, -0.05) is 30.2 Å². The molecule has 1 aromatic carbocycles. The third-order valence-electron chi connectivity index (χ3n) is 8.29. The quantitative estimate of drug-likeness (QED) is 0.235. The Bertz CT molecular complexity index is 870. The van der Waals surface area contributed by atoms with Crippen LogP contribution in [0.25, 0.3) is 0 Å². The second kappa shape index (κ2) is 14.1. The molecule has 0 bridgehead atoms. The number of likely N-dealkylation sites (tertiary alicyclic amines) is 1. The molecule has 1 aromatic rings. The summed E-state index contributed by atoms with van der Waals surface area (Å²) in [5.41, 5.74) is 6.03. The molecule has 5 N–H and O–H groups in total. The summed E-state index contributed by atoms with van der Waals surface area (Å²) in [5.74, 6) is -1.55. The fraction of sp³-hybridized carbons (Fsp3) is 0.750. The van der Waals surface area contributed by atoms with Crippen LogP contribution in [-0.2, 0) is 10.5 Å². The molecule has 7 nitrogen and oxygen atoms in total. The van der Waals surface area contributed by atoms with E-state index in [1.54, 1.807) is 6.07 Å². The zero-order chi connectivity index (χ0) is 27.0. The number of nitrogens with two attached hydrogens (primary N) is 1. The standard InChI is InChI=1S/C28H45ClFN3O4/c1-19(25(34)17-20-11-13-22(31)14-12-20)32-27(35)33-16-6-8-21(18-33)7-3-4-15-28(36,37-2)23-9-5-10-24(29)26(23)30/h5,9-10,19-22,25,34,36H,3-4,6-8,11-18,31H2,1-2H3,(H,32,35). The third-order valence-corrected chi connectivity index (χ3v) is 8.58. The number of hydrogen-bond acceptors (Lipinski definition) is 5. The van der Waals surface area contributed by atoms with Crippen molar-refractivity contribution in [3.63, 3.8) is 0 Å². The van der Waals surface area contributed by atoms with E-state index in [0.717, 1.165) is 51.4 Å². The third kappa shape index (κ3) is 8.52. The van der Waals surface area contributed by atoms with Crippen LogP contribution in [0.5, 0.6) is 0 Å². The highest BCUT2D eigenvalue weighted by atomic mass is 35.5. The van der Waals surface area contributed by atoms with Crippen LogP contribution in [0, 0.1) is 17.7 Å². The predicted molar refractivity (Wildman–Crippen MR) is 144 cm³/mol. The number of carbonyl (C=O) groups excluding carboxylic acids is 1. The summed E-state index contributed by atoms with van der Waals surface area (Å²) in [7, 11) is 1.36. The molecule has 2 fully saturated rings. The number of carbonyl (C=O) groups is 1. The molecule has 0 aromatic heterocycles. The van der Waals surface area contributed by atoms with Gasteiger partial charge in [0.25, 0.3) is 0 Å². The van der Waals surface area contributed by atoms with Gasteiger partial charge in [-0.25, -0.2) is 9.18 Å². The summed E-state index contributed by atoms with van der Waals surface area (Å²) in [6, 6.07) is 4.39. The van der Waals surface area contributed by atoms with Crippen molar-refractivity contribution in [2.24, 2.45) is 17.6 Å². The fourth-order valence-corrected chi connectivity index (χ4v) is 5.96. The van der Waals surface area contributed by atoms with E-state index in [4.69, 9.17) is 22.1 Å². The number of halogens is 2. The molecule has 2 amide bonds. The number of rotatable bonds is 11. The van der Waals surface area contributed by atoms with Gasteiger partial charge in [0.15, 0.2) is 5.79 Å². The predicted octanol–water partition coefficient (Wildman–Crippen LogP) is 4.91.